The van der Waals surface area contributed by atoms with Crippen LogP contribution in [0.1, 0.15) is 60.8 Å². The molecule has 0 aromatic rings. The van der Waals surface area contributed by atoms with Gasteiger partial charge < -0.3 is 15.3 Å². The Hall–Kier alpha value is -1.26. The molecule has 118 valence electrons. The van der Waals surface area contributed by atoms with Gasteiger partial charge in [0.15, 0.2) is 0 Å². The van der Waals surface area contributed by atoms with E-state index in [1.807, 2.05) is 41.5 Å². The van der Waals surface area contributed by atoms with Crippen molar-refractivity contribution in [3.05, 3.63) is 0 Å². The first kappa shape index (κ1) is 18.7. The molecule has 0 heterocycles. The number of carbonyl (C=O) groups is 2. The number of hydrogen-bond donors (Lipinski definition) is 2. The van der Waals surface area contributed by atoms with Gasteiger partial charge in [-0.2, -0.15) is 0 Å². The van der Waals surface area contributed by atoms with Crippen LogP contribution < -0.4 is 5.32 Å². The van der Waals surface area contributed by atoms with Crippen LogP contribution in [0, 0.1) is 5.41 Å². The Balaban J connectivity index is 4.78. The van der Waals surface area contributed by atoms with Crippen LogP contribution in [0.5, 0.6) is 0 Å². The second-order valence-corrected chi connectivity index (χ2v) is 6.55. The van der Waals surface area contributed by atoms with E-state index in [1.54, 1.807) is 4.90 Å². The first-order chi connectivity index (χ1) is 9.10. The lowest BCUT2D eigenvalue weighted by atomic mass is 9.87. The molecule has 0 aliphatic heterocycles. The lowest BCUT2D eigenvalue weighted by molar-refractivity contribution is -0.137. The van der Waals surface area contributed by atoms with Gasteiger partial charge in [-0.15, -0.1) is 0 Å². The Kier molecular flexibility index (Phi) is 7.61. The van der Waals surface area contributed by atoms with Crippen LogP contribution in [0.4, 0.5) is 4.79 Å². The molecule has 2 unspecified atom stereocenters. The van der Waals surface area contributed by atoms with Gasteiger partial charge >= 0.3 is 12.0 Å². The third-order valence-corrected chi connectivity index (χ3v) is 3.33. The summed E-state index contributed by atoms with van der Waals surface area (Å²) in [6.07, 6.45) is 1.48. The zero-order chi connectivity index (χ0) is 15.9. The van der Waals surface area contributed by atoms with Crippen molar-refractivity contribution in [2.75, 3.05) is 6.54 Å². The van der Waals surface area contributed by atoms with Crippen LogP contribution in [0.15, 0.2) is 0 Å². The molecule has 5 nitrogen and oxygen atoms in total. The minimum absolute atomic E-state index is 0.0270. The van der Waals surface area contributed by atoms with Gasteiger partial charge in [-0.3, -0.25) is 4.79 Å². The van der Waals surface area contributed by atoms with E-state index >= 15 is 0 Å². The first-order valence-electron chi connectivity index (χ1n) is 7.39. The predicted molar refractivity (Wildman–Crippen MR) is 80.8 cm³/mol. The van der Waals surface area contributed by atoms with E-state index in [0.29, 0.717) is 13.0 Å². The van der Waals surface area contributed by atoms with Gasteiger partial charge in [0.1, 0.15) is 0 Å². The maximum atomic E-state index is 12.3. The fourth-order valence-electron chi connectivity index (χ4n) is 2.26. The molecule has 0 aliphatic rings. The third kappa shape index (κ3) is 7.36. The van der Waals surface area contributed by atoms with Crippen LogP contribution in [0.25, 0.3) is 0 Å². The summed E-state index contributed by atoms with van der Waals surface area (Å²) in [5.74, 6) is -0.883. The lowest BCUT2D eigenvalue weighted by Crippen LogP contribution is -2.49. The van der Waals surface area contributed by atoms with Gasteiger partial charge in [-0.25, -0.2) is 4.79 Å². The second kappa shape index (κ2) is 8.12. The van der Waals surface area contributed by atoms with E-state index in [0.717, 1.165) is 6.42 Å². The Morgan fingerprint density at radius 2 is 1.80 bits per heavy atom. The quantitative estimate of drug-likeness (QED) is 0.755. The van der Waals surface area contributed by atoms with Gasteiger partial charge in [0, 0.05) is 18.6 Å². The van der Waals surface area contributed by atoms with E-state index in [1.165, 1.54) is 0 Å². The summed E-state index contributed by atoms with van der Waals surface area (Å²) in [5.41, 5.74) is -0.0270. The highest BCUT2D eigenvalue weighted by Crippen LogP contribution is 2.22. The molecule has 0 saturated carbocycles. The van der Waals surface area contributed by atoms with Gasteiger partial charge in [0.05, 0.1) is 6.42 Å². The SMILES string of the molecule is CCC(C)N(CC)C(=O)NC(CC(=O)O)CC(C)(C)C. The maximum absolute atomic E-state index is 12.3. The van der Waals surface area contributed by atoms with Crippen LogP contribution in [0.2, 0.25) is 0 Å². The van der Waals surface area contributed by atoms with Crippen molar-refractivity contribution in [3.63, 3.8) is 0 Å². The Bertz CT molecular complexity index is 324. The van der Waals surface area contributed by atoms with Crippen molar-refractivity contribution in [3.8, 4) is 0 Å². The molecule has 0 aliphatic carbocycles. The fraction of sp³-hybridized carbons (Fsp3) is 0.867. The highest BCUT2D eigenvalue weighted by Gasteiger charge is 2.25. The molecule has 0 aromatic carbocycles. The van der Waals surface area contributed by atoms with Crippen LogP contribution in [-0.4, -0.2) is 40.6 Å². The van der Waals surface area contributed by atoms with Crippen LogP contribution in [-0.2, 0) is 4.79 Å². The fourth-order valence-corrected chi connectivity index (χ4v) is 2.26. The summed E-state index contributed by atoms with van der Waals surface area (Å²) in [6, 6.07) is -0.351. The summed E-state index contributed by atoms with van der Waals surface area (Å²) >= 11 is 0. The molecular formula is C15H30N2O3. The van der Waals surface area contributed by atoms with Crippen molar-refractivity contribution in [2.24, 2.45) is 5.41 Å². The molecule has 0 bridgehead atoms. The van der Waals surface area contributed by atoms with E-state index in [9.17, 15) is 9.59 Å². The molecule has 2 N–H and O–H groups in total. The molecule has 0 radical (unpaired) electrons. The zero-order valence-corrected chi connectivity index (χ0v) is 13.7. The highest BCUT2D eigenvalue weighted by molar-refractivity contribution is 5.76. The Labute approximate surface area is 122 Å². The highest BCUT2D eigenvalue weighted by atomic mass is 16.4. The average Bonchev–Trinajstić information content (AvgIpc) is 2.26. The minimum Gasteiger partial charge on any atom is -0.481 e. The van der Waals surface area contributed by atoms with Crippen molar-refractivity contribution < 1.29 is 14.7 Å². The molecule has 0 fully saturated rings. The number of carbonyl (C=O) groups excluding carboxylic acids is 1. The lowest BCUT2D eigenvalue weighted by Gasteiger charge is -2.31. The molecule has 2 amide bonds. The van der Waals surface area contributed by atoms with Crippen LogP contribution in [0.3, 0.4) is 0 Å². The molecule has 2 atom stereocenters. The predicted octanol–water partition coefficient (Wildman–Crippen LogP) is 3.10. The maximum Gasteiger partial charge on any atom is 0.317 e. The first-order valence-corrected chi connectivity index (χ1v) is 7.39. The van der Waals surface area contributed by atoms with Crippen LogP contribution >= 0.6 is 0 Å². The number of amides is 2. The summed E-state index contributed by atoms with van der Waals surface area (Å²) < 4.78 is 0. The Morgan fingerprint density at radius 1 is 1.25 bits per heavy atom. The van der Waals surface area contributed by atoms with Gasteiger partial charge in [0.25, 0.3) is 0 Å². The number of carboxylic acid groups (broad SMARTS) is 1. The number of nitrogens with zero attached hydrogens (tertiary/aromatic N) is 1. The number of hydrogen-bond acceptors (Lipinski definition) is 2. The number of nitrogens with one attached hydrogen (secondary N) is 1. The number of rotatable bonds is 7. The largest absolute Gasteiger partial charge is 0.481 e. The van der Waals surface area contributed by atoms with Crippen molar-refractivity contribution in [2.45, 2.75) is 72.9 Å². The van der Waals surface area contributed by atoms with Gasteiger partial charge in [0.2, 0.25) is 0 Å². The minimum atomic E-state index is -0.883. The van der Waals surface area contributed by atoms with E-state index < -0.39 is 5.97 Å². The smallest absolute Gasteiger partial charge is 0.317 e. The average molecular weight is 286 g/mol. The Morgan fingerprint density at radius 3 is 2.15 bits per heavy atom. The summed E-state index contributed by atoms with van der Waals surface area (Å²) in [4.78, 5) is 25.0. The third-order valence-electron chi connectivity index (χ3n) is 3.33. The van der Waals surface area contributed by atoms with E-state index in [-0.39, 0.29) is 30.0 Å². The van der Waals surface area contributed by atoms with Crippen molar-refractivity contribution in [1.82, 2.24) is 10.2 Å². The van der Waals surface area contributed by atoms with E-state index in [4.69, 9.17) is 5.11 Å². The van der Waals surface area contributed by atoms with Crippen molar-refractivity contribution >= 4 is 12.0 Å². The van der Waals surface area contributed by atoms with Gasteiger partial charge in [-0.05, 0) is 32.1 Å². The topological polar surface area (TPSA) is 69.6 Å². The summed E-state index contributed by atoms with van der Waals surface area (Å²) in [5, 5.41) is 11.9. The molecular weight excluding hydrogens is 256 g/mol. The van der Waals surface area contributed by atoms with Gasteiger partial charge in [-0.1, -0.05) is 27.7 Å². The van der Waals surface area contributed by atoms with E-state index in [2.05, 4.69) is 5.32 Å². The summed E-state index contributed by atoms with van der Waals surface area (Å²) in [7, 11) is 0. The van der Waals surface area contributed by atoms with Crippen molar-refractivity contribution in [1.29, 1.82) is 0 Å². The molecule has 5 heteroatoms. The normalized spacial score (nSPS) is 14.5. The number of urea groups is 1. The molecule has 20 heavy (non-hydrogen) atoms. The summed E-state index contributed by atoms with van der Waals surface area (Å²) in [6.45, 7) is 12.7. The molecule has 0 saturated heterocycles. The number of carboxylic acids is 1. The standard InChI is InChI=1S/C15H30N2O3/c1-7-11(3)17(8-2)14(20)16-12(9-13(18)19)10-15(4,5)6/h11-12H,7-10H2,1-6H3,(H,16,20)(H,18,19). The molecule has 0 rings (SSSR count). The molecule has 0 spiro atoms. The molecule has 0 aromatic heterocycles. The zero-order valence-electron chi connectivity index (χ0n) is 13.7. The monoisotopic (exact) mass is 286 g/mol. The number of aliphatic carboxylic acids is 1. The second-order valence-electron chi connectivity index (χ2n) is 6.55.